The number of carbonyl (C=O) groups is 1. The fourth-order valence-electron chi connectivity index (χ4n) is 3.34. The van der Waals surface area contributed by atoms with Crippen molar-refractivity contribution in [1.29, 1.82) is 0 Å². The summed E-state index contributed by atoms with van der Waals surface area (Å²) in [7, 11) is 0. The van der Waals surface area contributed by atoms with E-state index in [0.717, 1.165) is 22.6 Å². The monoisotopic (exact) mass is 281 g/mol. The van der Waals surface area contributed by atoms with E-state index in [1.54, 1.807) is 0 Å². The Labute approximate surface area is 122 Å². The van der Waals surface area contributed by atoms with Crippen LogP contribution < -0.4 is 10.1 Å². The third-order valence-corrected chi connectivity index (χ3v) is 4.19. The molecule has 0 saturated heterocycles. The lowest BCUT2D eigenvalue weighted by Crippen LogP contribution is -2.46. The molecule has 2 aliphatic rings. The van der Waals surface area contributed by atoms with Crippen molar-refractivity contribution in [1.82, 2.24) is 0 Å². The molecule has 2 aliphatic heterocycles. The number of para-hydroxylation sites is 2. The van der Waals surface area contributed by atoms with Crippen LogP contribution in [0.5, 0.6) is 5.75 Å². The number of esters is 1. The van der Waals surface area contributed by atoms with Gasteiger partial charge in [-0.3, -0.25) is 4.79 Å². The third kappa shape index (κ3) is 1.42. The Morgan fingerprint density at radius 1 is 1.19 bits per heavy atom. The van der Waals surface area contributed by atoms with Crippen LogP contribution in [0.2, 0.25) is 0 Å². The van der Waals surface area contributed by atoms with Gasteiger partial charge in [0.1, 0.15) is 5.75 Å². The van der Waals surface area contributed by atoms with Gasteiger partial charge < -0.3 is 14.8 Å². The number of anilines is 1. The van der Waals surface area contributed by atoms with Crippen molar-refractivity contribution in [3.63, 3.8) is 0 Å². The van der Waals surface area contributed by atoms with Crippen molar-refractivity contribution in [3.05, 3.63) is 59.7 Å². The van der Waals surface area contributed by atoms with E-state index >= 15 is 0 Å². The van der Waals surface area contributed by atoms with Gasteiger partial charge in [-0.05, 0) is 19.1 Å². The number of fused-ring (bicyclic) bond motifs is 5. The molecule has 2 atom stereocenters. The first kappa shape index (κ1) is 12.3. The molecule has 0 aromatic heterocycles. The number of nitrogens with one attached hydrogen (secondary N) is 1. The fourth-order valence-corrected chi connectivity index (χ4v) is 3.34. The molecule has 0 bridgehead atoms. The van der Waals surface area contributed by atoms with E-state index in [9.17, 15) is 4.79 Å². The van der Waals surface area contributed by atoms with E-state index in [-0.39, 0.29) is 5.97 Å². The second-order valence-corrected chi connectivity index (χ2v) is 5.21. The summed E-state index contributed by atoms with van der Waals surface area (Å²) in [5.74, 6) is 0.468. The first-order valence-corrected chi connectivity index (χ1v) is 7.08. The van der Waals surface area contributed by atoms with Crippen LogP contribution in [-0.4, -0.2) is 18.8 Å². The molecule has 0 saturated carbocycles. The molecule has 1 N–H and O–H groups in total. The lowest BCUT2D eigenvalue weighted by Gasteiger charge is -2.26. The zero-order valence-electron chi connectivity index (χ0n) is 11.6. The standard InChI is InChI=1S/C17H15NO3/c1-2-20-16(19)17-11-7-3-5-9-13(11)18-15(17)21-14-10-6-4-8-12(14)17/h3-10,15,18H,2H2,1H3/t15-,17-/m1/s1. The van der Waals surface area contributed by atoms with Crippen LogP contribution in [0.3, 0.4) is 0 Å². The van der Waals surface area contributed by atoms with Crippen LogP contribution in [-0.2, 0) is 14.9 Å². The molecule has 0 fully saturated rings. The summed E-state index contributed by atoms with van der Waals surface area (Å²) in [6, 6.07) is 15.5. The summed E-state index contributed by atoms with van der Waals surface area (Å²) in [6.07, 6.45) is -0.452. The number of carbonyl (C=O) groups excluding carboxylic acids is 1. The first-order valence-electron chi connectivity index (χ1n) is 7.08. The molecule has 0 amide bonds. The highest BCUT2D eigenvalue weighted by atomic mass is 16.5. The minimum Gasteiger partial charge on any atom is -0.468 e. The maximum Gasteiger partial charge on any atom is 0.327 e. The van der Waals surface area contributed by atoms with Gasteiger partial charge in [0, 0.05) is 16.8 Å². The van der Waals surface area contributed by atoms with Crippen molar-refractivity contribution in [2.24, 2.45) is 0 Å². The van der Waals surface area contributed by atoms with Crippen LogP contribution in [0.25, 0.3) is 0 Å². The molecule has 106 valence electrons. The number of benzene rings is 2. The first-order chi connectivity index (χ1) is 10.3. The van der Waals surface area contributed by atoms with Gasteiger partial charge in [0.15, 0.2) is 11.6 Å². The van der Waals surface area contributed by atoms with Gasteiger partial charge in [0.25, 0.3) is 0 Å². The van der Waals surface area contributed by atoms with Crippen LogP contribution >= 0.6 is 0 Å². The van der Waals surface area contributed by atoms with E-state index in [1.165, 1.54) is 0 Å². The third-order valence-electron chi connectivity index (χ3n) is 4.19. The summed E-state index contributed by atoms with van der Waals surface area (Å²) >= 11 is 0. The van der Waals surface area contributed by atoms with Gasteiger partial charge in [0.05, 0.1) is 6.61 Å². The molecule has 2 heterocycles. The van der Waals surface area contributed by atoms with E-state index in [1.807, 2.05) is 55.5 Å². The molecule has 2 aromatic carbocycles. The highest BCUT2D eigenvalue weighted by Gasteiger charge is 2.61. The Morgan fingerprint density at radius 2 is 1.90 bits per heavy atom. The molecule has 0 unspecified atom stereocenters. The summed E-state index contributed by atoms with van der Waals surface area (Å²) < 4.78 is 11.4. The van der Waals surface area contributed by atoms with Gasteiger partial charge in [-0.1, -0.05) is 36.4 Å². The number of hydrogen-bond donors (Lipinski definition) is 1. The number of ether oxygens (including phenoxy) is 2. The Morgan fingerprint density at radius 3 is 2.71 bits per heavy atom. The molecule has 0 spiro atoms. The topological polar surface area (TPSA) is 47.6 Å². The molecule has 2 aromatic rings. The Bertz CT molecular complexity index is 676. The molecule has 4 heteroatoms. The zero-order valence-corrected chi connectivity index (χ0v) is 11.6. The summed E-state index contributed by atoms with van der Waals surface area (Å²) in [5, 5.41) is 3.30. The Kier molecular flexibility index (Phi) is 2.48. The molecule has 0 radical (unpaired) electrons. The normalized spacial score (nSPS) is 24.3. The molecule has 21 heavy (non-hydrogen) atoms. The number of rotatable bonds is 2. The summed E-state index contributed by atoms with van der Waals surface area (Å²) in [6.45, 7) is 2.16. The maximum absolute atomic E-state index is 12.8. The molecule has 4 nitrogen and oxygen atoms in total. The van der Waals surface area contributed by atoms with Crippen molar-refractivity contribution in [2.75, 3.05) is 11.9 Å². The van der Waals surface area contributed by atoms with E-state index in [0.29, 0.717) is 6.61 Å². The van der Waals surface area contributed by atoms with Crippen LogP contribution in [0.15, 0.2) is 48.5 Å². The SMILES string of the molecule is CCOC(=O)[C@@]12c3ccccc3N[C@@H]1Oc1ccccc12. The molecular formula is C17H15NO3. The van der Waals surface area contributed by atoms with Gasteiger partial charge in [-0.25, -0.2) is 0 Å². The minimum absolute atomic E-state index is 0.266. The van der Waals surface area contributed by atoms with Gasteiger partial charge in [-0.15, -0.1) is 0 Å². The maximum atomic E-state index is 12.8. The van der Waals surface area contributed by atoms with Crippen molar-refractivity contribution in [3.8, 4) is 5.75 Å². The van der Waals surface area contributed by atoms with Crippen LogP contribution in [0.4, 0.5) is 5.69 Å². The molecule has 0 aliphatic carbocycles. The van der Waals surface area contributed by atoms with Crippen molar-refractivity contribution in [2.45, 2.75) is 18.6 Å². The van der Waals surface area contributed by atoms with E-state index in [2.05, 4.69) is 5.32 Å². The average Bonchev–Trinajstić information content (AvgIpc) is 2.98. The smallest absolute Gasteiger partial charge is 0.327 e. The van der Waals surface area contributed by atoms with Gasteiger partial charge >= 0.3 is 5.97 Å². The predicted molar refractivity (Wildman–Crippen MR) is 78.3 cm³/mol. The van der Waals surface area contributed by atoms with E-state index in [4.69, 9.17) is 9.47 Å². The lowest BCUT2D eigenvalue weighted by molar-refractivity contribution is -0.149. The fraction of sp³-hybridized carbons (Fsp3) is 0.235. The largest absolute Gasteiger partial charge is 0.468 e. The molecule has 4 rings (SSSR count). The summed E-state index contributed by atoms with van der Waals surface area (Å²) in [4.78, 5) is 12.8. The minimum atomic E-state index is -0.913. The quantitative estimate of drug-likeness (QED) is 0.860. The lowest BCUT2D eigenvalue weighted by atomic mass is 9.76. The zero-order chi connectivity index (χ0) is 14.4. The van der Waals surface area contributed by atoms with Crippen LogP contribution in [0, 0.1) is 0 Å². The van der Waals surface area contributed by atoms with Gasteiger partial charge in [-0.2, -0.15) is 0 Å². The second kappa shape index (κ2) is 4.25. The highest BCUT2D eigenvalue weighted by molar-refractivity contribution is 5.95. The van der Waals surface area contributed by atoms with Crippen LogP contribution in [0.1, 0.15) is 18.1 Å². The van der Waals surface area contributed by atoms with Gasteiger partial charge in [0.2, 0.25) is 0 Å². The van der Waals surface area contributed by atoms with E-state index < -0.39 is 11.6 Å². The Balaban J connectivity index is 2.00. The number of hydrogen-bond acceptors (Lipinski definition) is 4. The summed E-state index contributed by atoms with van der Waals surface area (Å²) in [5.41, 5.74) is 1.79. The van der Waals surface area contributed by atoms with Crippen molar-refractivity contribution < 1.29 is 14.3 Å². The second-order valence-electron chi connectivity index (χ2n) is 5.21. The predicted octanol–water partition coefficient (Wildman–Crippen LogP) is 2.68. The van der Waals surface area contributed by atoms with Crippen molar-refractivity contribution >= 4 is 11.7 Å². The average molecular weight is 281 g/mol. The highest BCUT2D eigenvalue weighted by Crippen LogP contribution is 2.54. The Hall–Kier alpha value is -2.49. The molecular weight excluding hydrogens is 266 g/mol.